The molecular weight excluding hydrogens is 368 g/mol. The van der Waals surface area contributed by atoms with Crippen LogP contribution in [0.1, 0.15) is 36.0 Å². The van der Waals surface area contributed by atoms with Crippen molar-refractivity contribution in [2.75, 3.05) is 5.32 Å². The first-order valence-corrected chi connectivity index (χ1v) is 9.22. The van der Waals surface area contributed by atoms with Gasteiger partial charge in [-0.2, -0.15) is 5.10 Å². The second-order valence-electron chi connectivity index (χ2n) is 6.59. The Morgan fingerprint density at radius 1 is 1.30 bits per heavy atom. The number of fused-ring (bicyclic) bond motifs is 1. The number of carbonyl (C=O) groups excluding carboxylic acids is 1. The number of hydrogen-bond donors (Lipinski definition) is 2. The van der Waals surface area contributed by atoms with E-state index in [1.807, 2.05) is 0 Å². The summed E-state index contributed by atoms with van der Waals surface area (Å²) >= 11 is 6.11. The molecule has 0 bridgehead atoms. The van der Waals surface area contributed by atoms with Crippen molar-refractivity contribution >= 4 is 28.8 Å². The molecule has 1 aliphatic rings. The highest BCUT2D eigenvalue weighted by Crippen LogP contribution is 2.32. The number of carbonyl (C=O) groups is 1. The molecule has 7 nitrogen and oxygen atoms in total. The third-order valence-corrected chi connectivity index (χ3v) is 4.89. The maximum absolute atomic E-state index is 12.8. The summed E-state index contributed by atoms with van der Waals surface area (Å²) in [5.41, 5.74) is 1.33. The first-order chi connectivity index (χ1) is 13.1. The number of aromatic nitrogens is 3. The van der Waals surface area contributed by atoms with Gasteiger partial charge in [-0.3, -0.25) is 4.79 Å². The number of nitrogens with one attached hydrogen (secondary N) is 1. The largest absolute Gasteiger partial charge is 0.488 e. The fourth-order valence-corrected chi connectivity index (χ4v) is 3.39. The molecule has 27 heavy (non-hydrogen) atoms. The molecule has 1 amide bonds. The predicted molar refractivity (Wildman–Crippen MR) is 101 cm³/mol. The zero-order chi connectivity index (χ0) is 18.8. The molecule has 0 spiro atoms. The number of anilines is 1. The van der Waals surface area contributed by atoms with Crippen LogP contribution in [-0.4, -0.2) is 37.8 Å². The Labute approximate surface area is 160 Å². The minimum atomic E-state index is -0.338. The van der Waals surface area contributed by atoms with Crippen molar-refractivity contribution in [2.24, 2.45) is 0 Å². The van der Waals surface area contributed by atoms with Crippen LogP contribution >= 0.6 is 11.6 Å². The molecule has 2 aromatic heterocycles. The zero-order valence-corrected chi connectivity index (χ0v) is 15.3. The van der Waals surface area contributed by atoms with Crippen molar-refractivity contribution in [2.45, 2.75) is 37.9 Å². The highest BCUT2D eigenvalue weighted by atomic mass is 35.5. The zero-order valence-electron chi connectivity index (χ0n) is 14.5. The van der Waals surface area contributed by atoms with Gasteiger partial charge in [0.2, 0.25) is 0 Å². The van der Waals surface area contributed by atoms with E-state index in [9.17, 15) is 9.90 Å². The van der Waals surface area contributed by atoms with Crippen molar-refractivity contribution in [3.63, 3.8) is 0 Å². The first-order valence-electron chi connectivity index (χ1n) is 8.84. The Morgan fingerprint density at radius 2 is 2.11 bits per heavy atom. The number of amides is 1. The monoisotopic (exact) mass is 386 g/mol. The van der Waals surface area contributed by atoms with E-state index in [1.165, 1.54) is 10.7 Å². The van der Waals surface area contributed by atoms with Gasteiger partial charge in [0.05, 0.1) is 24.1 Å². The highest BCUT2D eigenvalue weighted by Gasteiger charge is 2.22. The Bertz CT molecular complexity index is 966. The summed E-state index contributed by atoms with van der Waals surface area (Å²) in [6.07, 6.45) is 7.54. The van der Waals surface area contributed by atoms with E-state index in [0.717, 1.165) is 12.8 Å². The molecule has 1 fully saturated rings. The fraction of sp³-hybridized carbons (Fsp3) is 0.316. The molecule has 1 saturated carbocycles. The first kappa shape index (κ1) is 17.8. The molecule has 0 atom stereocenters. The minimum Gasteiger partial charge on any atom is -0.488 e. The third-order valence-electron chi connectivity index (χ3n) is 4.65. The molecular formula is C19H19ClN4O3. The predicted octanol–water partition coefficient (Wildman–Crippen LogP) is 3.32. The van der Waals surface area contributed by atoms with Crippen molar-refractivity contribution in [1.82, 2.24) is 14.6 Å². The quantitative estimate of drug-likeness (QED) is 0.718. The van der Waals surface area contributed by atoms with Gasteiger partial charge in [0.15, 0.2) is 5.65 Å². The maximum atomic E-state index is 12.8. The number of ether oxygens (including phenoxy) is 1. The lowest BCUT2D eigenvalue weighted by Crippen LogP contribution is -2.27. The summed E-state index contributed by atoms with van der Waals surface area (Å²) in [5.74, 6) is 0.216. The van der Waals surface area contributed by atoms with Gasteiger partial charge in [-0.25, -0.2) is 9.50 Å². The van der Waals surface area contributed by atoms with E-state index in [4.69, 9.17) is 16.3 Å². The number of nitrogens with zero attached hydrogens (tertiary/aromatic N) is 3. The number of rotatable bonds is 4. The summed E-state index contributed by atoms with van der Waals surface area (Å²) in [7, 11) is 0. The van der Waals surface area contributed by atoms with Crippen molar-refractivity contribution in [3.05, 3.63) is 53.4 Å². The molecule has 0 unspecified atom stereocenters. The topological polar surface area (TPSA) is 88.8 Å². The van der Waals surface area contributed by atoms with Crippen molar-refractivity contribution in [1.29, 1.82) is 0 Å². The van der Waals surface area contributed by atoms with E-state index in [2.05, 4.69) is 15.4 Å². The molecule has 1 aromatic carbocycles. The smallest absolute Gasteiger partial charge is 0.261 e. The molecule has 0 saturated heterocycles. The molecule has 140 valence electrons. The molecule has 1 aliphatic carbocycles. The highest BCUT2D eigenvalue weighted by molar-refractivity contribution is 6.31. The number of benzene rings is 1. The standard InChI is InChI=1S/C19H19ClN4O3/c20-12-2-7-17(27-14-5-3-13(25)4-6-14)16(10-12)23-19(26)15-11-22-24-9-1-8-21-18(15)24/h1-2,7-11,13-14,25H,3-6H2,(H,23,26). The lowest BCUT2D eigenvalue weighted by molar-refractivity contribution is 0.0669. The molecule has 2 N–H and O–H groups in total. The van der Waals surface area contributed by atoms with Crippen LogP contribution in [0, 0.1) is 0 Å². The average Bonchev–Trinajstić information content (AvgIpc) is 3.10. The Balaban J connectivity index is 1.56. The second-order valence-corrected chi connectivity index (χ2v) is 7.03. The van der Waals surface area contributed by atoms with Crippen molar-refractivity contribution < 1.29 is 14.6 Å². The van der Waals surface area contributed by atoms with E-state index in [0.29, 0.717) is 40.5 Å². The fourth-order valence-electron chi connectivity index (χ4n) is 3.22. The third kappa shape index (κ3) is 3.89. The summed E-state index contributed by atoms with van der Waals surface area (Å²) < 4.78 is 7.61. The lowest BCUT2D eigenvalue weighted by Gasteiger charge is -2.27. The Hall–Kier alpha value is -2.64. The molecule has 2 heterocycles. The van der Waals surface area contributed by atoms with E-state index in [1.54, 1.807) is 36.7 Å². The molecule has 8 heteroatoms. The van der Waals surface area contributed by atoms with Crippen LogP contribution in [0.15, 0.2) is 42.9 Å². The number of hydrogen-bond acceptors (Lipinski definition) is 5. The summed E-state index contributed by atoms with van der Waals surface area (Å²) in [4.78, 5) is 17.0. The molecule has 0 aliphatic heterocycles. The maximum Gasteiger partial charge on any atom is 0.261 e. The van der Waals surface area contributed by atoms with Crippen LogP contribution in [0.3, 0.4) is 0 Å². The van der Waals surface area contributed by atoms with Gasteiger partial charge in [-0.15, -0.1) is 0 Å². The van der Waals surface area contributed by atoms with Crippen LogP contribution in [0.5, 0.6) is 5.75 Å². The molecule has 3 aromatic rings. The Kier molecular flexibility index (Phi) is 4.96. The van der Waals surface area contributed by atoms with Gasteiger partial charge in [0.1, 0.15) is 11.3 Å². The minimum absolute atomic E-state index is 0.00359. The summed E-state index contributed by atoms with van der Waals surface area (Å²) in [5, 5.41) is 17.1. The van der Waals surface area contributed by atoms with E-state index < -0.39 is 0 Å². The lowest BCUT2D eigenvalue weighted by atomic mass is 9.95. The number of halogens is 1. The van der Waals surface area contributed by atoms with Gasteiger partial charge < -0.3 is 15.2 Å². The van der Waals surface area contributed by atoms with E-state index in [-0.39, 0.29) is 18.1 Å². The molecule has 4 rings (SSSR count). The van der Waals surface area contributed by atoms with Gasteiger partial charge in [-0.1, -0.05) is 11.6 Å². The molecule has 0 radical (unpaired) electrons. The van der Waals surface area contributed by atoms with Crippen LogP contribution in [0.2, 0.25) is 5.02 Å². The number of aliphatic hydroxyl groups is 1. The summed E-state index contributed by atoms with van der Waals surface area (Å²) in [6, 6.07) is 6.87. The average molecular weight is 387 g/mol. The van der Waals surface area contributed by atoms with Crippen LogP contribution < -0.4 is 10.1 Å². The van der Waals surface area contributed by atoms with Gasteiger partial charge in [-0.05, 0) is 49.9 Å². The van der Waals surface area contributed by atoms with Gasteiger partial charge in [0, 0.05) is 17.4 Å². The van der Waals surface area contributed by atoms with Crippen LogP contribution in [-0.2, 0) is 0 Å². The van der Waals surface area contributed by atoms with Gasteiger partial charge >= 0.3 is 0 Å². The SMILES string of the molecule is O=C(Nc1cc(Cl)ccc1OC1CCC(O)CC1)c1cnn2cccnc12. The summed E-state index contributed by atoms with van der Waals surface area (Å²) in [6.45, 7) is 0. The second kappa shape index (κ2) is 7.54. The number of aliphatic hydroxyl groups excluding tert-OH is 1. The Morgan fingerprint density at radius 3 is 2.93 bits per heavy atom. The van der Waals surface area contributed by atoms with Crippen molar-refractivity contribution in [3.8, 4) is 5.75 Å². The van der Waals surface area contributed by atoms with E-state index >= 15 is 0 Å². The van der Waals surface area contributed by atoms with Gasteiger partial charge in [0.25, 0.3) is 5.91 Å². The normalized spacial score (nSPS) is 19.8. The van der Waals surface area contributed by atoms with Crippen LogP contribution in [0.4, 0.5) is 5.69 Å². The van der Waals surface area contributed by atoms with Crippen LogP contribution in [0.25, 0.3) is 5.65 Å².